The smallest absolute Gasteiger partial charge is 0.206 e. The Morgan fingerprint density at radius 2 is 2.05 bits per heavy atom. The van der Waals surface area contributed by atoms with Crippen molar-refractivity contribution in [3.8, 4) is 0 Å². The van der Waals surface area contributed by atoms with E-state index in [4.69, 9.17) is 5.73 Å². The molecular weight excluding hydrogens is 243 g/mol. The second-order valence-electron chi connectivity index (χ2n) is 5.71. The number of anilines is 1. The van der Waals surface area contributed by atoms with Gasteiger partial charge in [-0.3, -0.25) is 0 Å². The molecule has 0 atom stereocenters. The van der Waals surface area contributed by atoms with Crippen LogP contribution in [0.3, 0.4) is 0 Å². The van der Waals surface area contributed by atoms with E-state index in [-0.39, 0.29) is 11.4 Å². The quantitative estimate of drug-likeness (QED) is 0.925. The first-order valence-electron chi connectivity index (χ1n) is 6.44. The third kappa shape index (κ3) is 2.56. The van der Waals surface area contributed by atoms with Crippen molar-refractivity contribution in [3.05, 3.63) is 24.0 Å². The number of hydrogen-bond donors (Lipinski definition) is 1. The minimum Gasteiger partial charge on any atom is -0.340 e. The van der Waals surface area contributed by atoms with Crippen LogP contribution >= 0.6 is 0 Å². The first-order valence-corrected chi connectivity index (χ1v) is 6.44. The van der Waals surface area contributed by atoms with Crippen molar-refractivity contribution in [2.45, 2.75) is 32.9 Å². The maximum Gasteiger partial charge on any atom is 0.206 e. The molecule has 2 rings (SSSR count). The van der Waals surface area contributed by atoms with Crippen molar-refractivity contribution < 1.29 is 4.39 Å². The Morgan fingerprint density at radius 3 is 2.63 bits per heavy atom. The summed E-state index contributed by atoms with van der Waals surface area (Å²) in [5, 5.41) is 0. The van der Waals surface area contributed by atoms with Crippen LogP contribution in [-0.2, 0) is 6.54 Å². The minimum atomic E-state index is -0.269. The van der Waals surface area contributed by atoms with E-state index in [9.17, 15) is 4.39 Å². The van der Waals surface area contributed by atoms with E-state index in [0.717, 1.165) is 11.5 Å². The maximum absolute atomic E-state index is 13.3. The number of benzene rings is 1. The van der Waals surface area contributed by atoms with E-state index < -0.39 is 0 Å². The number of nitrogens with two attached hydrogens (primary N) is 1. The maximum atomic E-state index is 13.3. The first kappa shape index (κ1) is 13.8. The van der Waals surface area contributed by atoms with Crippen LogP contribution in [0.2, 0.25) is 0 Å². The average Bonchev–Trinajstić information content (AvgIpc) is 2.65. The normalized spacial score (nSPS) is 12.1. The topological polar surface area (TPSA) is 47.1 Å². The molecule has 0 aliphatic heterocycles. The van der Waals surface area contributed by atoms with Crippen molar-refractivity contribution in [1.82, 2.24) is 9.55 Å². The highest BCUT2D eigenvalue weighted by atomic mass is 19.1. The number of halogens is 1. The molecule has 4 nitrogen and oxygen atoms in total. The molecule has 0 fully saturated rings. The summed E-state index contributed by atoms with van der Waals surface area (Å²) in [5.74, 6) is 0.549. The van der Waals surface area contributed by atoms with Gasteiger partial charge in [0.2, 0.25) is 5.95 Å². The fourth-order valence-corrected chi connectivity index (χ4v) is 2.00. The Labute approximate surface area is 113 Å². The Balaban J connectivity index is 2.62. The molecule has 0 aliphatic rings. The standard InChI is InChI=1S/C14H21FN4/c1-14(2,3)18(4)13-17-11-9-10(15)5-6-12(11)19(13)8-7-16/h5-6,9H,7-8,16H2,1-4H3. The Morgan fingerprint density at radius 1 is 1.37 bits per heavy atom. The molecule has 2 aromatic rings. The first-order chi connectivity index (χ1) is 8.84. The number of aromatic nitrogens is 2. The van der Waals surface area contributed by atoms with Crippen LogP contribution in [0.1, 0.15) is 20.8 Å². The third-order valence-corrected chi connectivity index (χ3v) is 3.35. The van der Waals surface area contributed by atoms with Gasteiger partial charge >= 0.3 is 0 Å². The predicted octanol–water partition coefficient (Wildman–Crippen LogP) is 2.37. The van der Waals surface area contributed by atoms with Gasteiger partial charge in [0.05, 0.1) is 11.0 Å². The lowest BCUT2D eigenvalue weighted by molar-refractivity contribution is 0.517. The second kappa shape index (κ2) is 4.81. The monoisotopic (exact) mass is 264 g/mol. The number of hydrogen-bond acceptors (Lipinski definition) is 3. The highest BCUT2D eigenvalue weighted by molar-refractivity contribution is 5.79. The summed E-state index contributed by atoms with van der Waals surface area (Å²) in [4.78, 5) is 6.64. The summed E-state index contributed by atoms with van der Waals surface area (Å²) < 4.78 is 15.4. The zero-order chi connectivity index (χ0) is 14.2. The molecule has 0 radical (unpaired) electrons. The SMILES string of the molecule is CN(c1nc2cc(F)ccc2n1CCN)C(C)(C)C. The van der Waals surface area contributed by atoms with Crippen LogP contribution in [0.5, 0.6) is 0 Å². The highest BCUT2D eigenvalue weighted by Crippen LogP contribution is 2.26. The van der Waals surface area contributed by atoms with Crippen LogP contribution in [-0.4, -0.2) is 28.7 Å². The van der Waals surface area contributed by atoms with Gasteiger partial charge in [0.25, 0.3) is 0 Å². The molecule has 0 spiro atoms. The summed E-state index contributed by atoms with van der Waals surface area (Å²) in [6, 6.07) is 4.67. The van der Waals surface area contributed by atoms with E-state index in [2.05, 4.69) is 30.7 Å². The fourth-order valence-electron chi connectivity index (χ4n) is 2.00. The van der Waals surface area contributed by atoms with Gasteiger partial charge in [-0.05, 0) is 32.9 Å². The number of imidazole rings is 1. The van der Waals surface area contributed by atoms with Crippen molar-refractivity contribution in [3.63, 3.8) is 0 Å². The summed E-state index contributed by atoms with van der Waals surface area (Å²) in [5.41, 5.74) is 7.20. The fraction of sp³-hybridized carbons (Fsp3) is 0.500. The van der Waals surface area contributed by atoms with E-state index in [1.807, 2.05) is 11.6 Å². The van der Waals surface area contributed by atoms with E-state index in [0.29, 0.717) is 18.6 Å². The van der Waals surface area contributed by atoms with Gasteiger partial charge in [-0.1, -0.05) is 0 Å². The van der Waals surface area contributed by atoms with Gasteiger partial charge in [-0.15, -0.1) is 0 Å². The molecule has 0 bridgehead atoms. The summed E-state index contributed by atoms with van der Waals surface area (Å²) in [6.07, 6.45) is 0. The molecule has 0 saturated heterocycles. The van der Waals surface area contributed by atoms with Gasteiger partial charge in [0, 0.05) is 31.7 Å². The molecule has 1 aromatic carbocycles. The van der Waals surface area contributed by atoms with Crippen LogP contribution in [0.25, 0.3) is 11.0 Å². The molecule has 104 valence electrons. The molecule has 5 heteroatoms. The summed E-state index contributed by atoms with van der Waals surface area (Å²) >= 11 is 0. The Bertz CT molecular complexity index is 583. The van der Waals surface area contributed by atoms with Crippen LogP contribution in [0.4, 0.5) is 10.3 Å². The lowest BCUT2D eigenvalue weighted by Crippen LogP contribution is -2.40. The van der Waals surface area contributed by atoms with E-state index in [1.54, 1.807) is 6.07 Å². The van der Waals surface area contributed by atoms with E-state index >= 15 is 0 Å². The highest BCUT2D eigenvalue weighted by Gasteiger charge is 2.23. The zero-order valence-corrected chi connectivity index (χ0v) is 11.9. The minimum absolute atomic E-state index is 0.0632. The molecule has 0 aliphatic carbocycles. The zero-order valence-electron chi connectivity index (χ0n) is 11.9. The molecule has 19 heavy (non-hydrogen) atoms. The lowest BCUT2D eigenvalue weighted by atomic mass is 10.1. The van der Waals surface area contributed by atoms with Crippen LogP contribution < -0.4 is 10.6 Å². The van der Waals surface area contributed by atoms with Crippen molar-refractivity contribution in [2.24, 2.45) is 5.73 Å². The Kier molecular flexibility index (Phi) is 3.49. The largest absolute Gasteiger partial charge is 0.340 e. The molecule has 0 unspecified atom stereocenters. The van der Waals surface area contributed by atoms with Crippen molar-refractivity contribution >= 4 is 17.0 Å². The molecule has 2 N–H and O–H groups in total. The number of rotatable bonds is 3. The number of fused-ring (bicyclic) bond motifs is 1. The lowest BCUT2D eigenvalue weighted by Gasteiger charge is -2.33. The summed E-state index contributed by atoms with van der Waals surface area (Å²) in [6.45, 7) is 7.52. The third-order valence-electron chi connectivity index (χ3n) is 3.35. The van der Waals surface area contributed by atoms with Gasteiger partial charge < -0.3 is 15.2 Å². The van der Waals surface area contributed by atoms with Crippen LogP contribution in [0, 0.1) is 5.82 Å². The van der Waals surface area contributed by atoms with Gasteiger partial charge in [0.15, 0.2) is 0 Å². The number of nitrogens with zero attached hydrogens (tertiary/aromatic N) is 3. The predicted molar refractivity (Wildman–Crippen MR) is 76.9 cm³/mol. The molecule has 0 saturated carbocycles. The molecule has 1 heterocycles. The summed E-state index contributed by atoms with van der Waals surface area (Å²) in [7, 11) is 1.99. The van der Waals surface area contributed by atoms with Crippen LogP contribution in [0.15, 0.2) is 18.2 Å². The van der Waals surface area contributed by atoms with Gasteiger partial charge in [0.1, 0.15) is 5.82 Å². The van der Waals surface area contributed by atoms with E-state index in [1.165, 1.54) is 12.1 Å². The Hall–Kier alpha value is -1.62. The van der Waals surface area contributed by atoms with Gasteiger partial charge in [-0.25, -0.2) is 9.37 Å². The van der Waals surface area contributed by atoms with Crippen molar-refractivity contribution in [2.75, 3.05) is 18.5 Å². The second-order valence-corrected chi connectivity index (χ2v) is 5.71. The average molecular weight is 264 g/mol. The molecular formula is C14H21FN4. The van der Waals surface area contributed by atoms with Gasteiger partial charge in [-0.2, -0.15) is 0 Å². The molecule has 1 aromatic heterocycles. The van der Waals surface area contributed by atoms with Crippen molar-refractivity contribution in [1.29, 1.82) is 0 Å². The molecule has 0 amide bonds.